The molecule has 3 aromatic rings. The minimum atomic E-state index is -0.622. The first-order valence-electron chi connectivity index (χ1n) is 7.51. The van der Waals surface area contributed by atoms with Crippen molar-refractivity contribution in [1.29, 1.82) is 0 Å². The van der Waals surface area contributed by atoms with Gasteiger partial charge in [0.15, 0.2) is 15.8 Å². The summed E-state index contributed by atoms with van der Waals surface area (Å²) in [6, 6.07) is 12.1. The fraction of sp³-hybridized carbons (Fsp3) is 0.111. The molecule has 0 unspecified atom stereocenters. The van der Waals surface area contributed by atoms with Crippen LogP contribution in [0.1, 0.15) is 24.2 Å². The molecule has 0 aliphatic carbocycles. The zero-order valence-electron chi connectivity index (χ0n) is 13.8. The van der Waals surface area contributed by atoms with Gasteiger partial charge in [-0.3, -0.25) is 14.4 Å². The molecule has 0 aliphatic rings. The molecule has 26 heavy (non-hydrogen) atoms. The summed E-state index contributed by atoms with van der Waals surface area (Å²) in [5.74, 6) is -1.26. The van der Waals surface area contributed by atoms with Crippen molar-refractivity contribution in [1.82, 2.24) is 4.98 Å². The molecule has 0 aliphatic heterocycles. The van der Waals surface area contributed by atoms with E-state index in [-0.39, 0.29) is 22.2 Å². The van der Waals surface area contributed by atoms with Crippen molar-refractivity contribution in [2.24, 2.45) is 0 Å². The number of nitrogens with zero attached hydrogens (tertiary/aromatic N) is 1. The van der Waals surface area contributed by atoms with Crippen molar-refractivity contribution in [3.63, 3.8) is 0 Å². The number of aromatic nitrogens is 1. The summed E-state index contributed by atoms with van der Waals surface area (Å²) in [6.07, 6.45) is 0. The molecular formula is C18H13NO5S2. The molecule has 6 nitrogen and oxygen atoms in total. The van der Waals surface area contributed by atoms with Crippen molar-refractivity contribution in [3.8, 4) is 11.5 Å². The number of hydrogen-bond donors (Lipinski definition) is 0. The van der Waals surface area contributed by atoms with Crippen molar-refractivity contribution in [2.45, 2.75) is 18.2 Å². The van der Waals surface area contributed by atoms with Crippen LogP contribution in [0.2, 0.25) is 0 Å². The van der Waals surface area contributed by atoms with Crippen LogP contribution in [0, 0.1) is 0 Å². The summed E-state index contributed by atoms with van der Waals surface area (Å²) >= 11 is 2.32. The smallest absolute Gasteiger partial charge is 0.308 e. The number of fused-ring (bicyclic) bond motifs is 1. The normalized spacial score (nSPS) is 10.5. The molecular weight excluding hydrogens is 374 g/mol. The Balaban J connectivity index is 1.94. The van der Waals surface area contributed by atoms with Gasteiger partial charge in [0.05, 0.1) is 15.8 Å². The molecule has 0 atom stereocenters. The third-order valence-electron chi connectivity index (χ3n) is 3.15. The number of rotatable bonds is 4. The first-order chi connectivity index (χ1) is 12.4. The number of carbonyl (C=O) groups is 3. The van der Waals surface area contributed by atoms with E-state index in [1.54, 1.807) is 6.07 Å². The molecule has 3 rings (SSSR count). The fourth-order valence-corrected chi connectivity index (χ4v) is 4.12. The number of thiazole rings is 1. The third-order valence-corrected chi connectivity index (χ3v) is 5.15. The van der Waals surface area contributed by atoms with Crippen LogP contribution in [0.4, 0.5) is 0 Å². The Bertz CT molecular complexity index is 979. The molecule has 0 spiro atoms. The maximum absolute atomic E-state index is 12.7. The van der Waals surface area contributed by atoms with E-state index in [0.29, 0.717) is 4.34 Å². The highest BCUT2D eigenvalue weighted by molar-refractivity contribution is 8.15. The predicted molar refractivity (Wildman–Crippen MR) is 98.9 cm³/mol. The Labute approximate surface area is 157 Å². The van der Waals surface area contributed by atoms with Crippen molar-refractivity contribution >= 4 is 50.4 Å². The first-order valence-corrected chi connectivity index (χ1v) is 9.15. The molecule has 1 aromatic heterocycles. The number of carbonyl (C=O) groups excluding carboxylic acids is 3. The molecule has 0 N–H and O–H groups in total. The highest BCUT2D eigenvalue weighted by atomic mass is 32.2. The molecule has 2 aromatic carbocycles. The van der Waals surface area contributed by atoms with Gasteiger partial charge in [0.1, 0.15) is 0 Å². The number of thioether (sulfide) groups is 1. The Morgan fingerprint density at radius 2 is 1.69 bits per heavy atom. The van der Waals surface area contributed by atoms with E-state index in [1.807, 2.05) is 24.3 Å². The summed E-state index contributed by atoms with van der Waals surface area (Å²) in [6.45, 7) is 2.43. The molecule has 132 valence electrons. The second-order valence-electron chi connectivity index (χ2n) is 5.16. The number of para-hydroxylation sites is 2. The maximum Gasteiger partial charge on any atom is 0.308 e. The lowest BCUT2D eigenvalue weighted by Gasteiger charge is -2.11. The molecule has 0 bridgehead atoms. The van der Waals surface area contributed by atoms with Gasteiger partial charge >= 0.3 is 11.9 Å². The maximum atomic E-state index is 12.7. The summed E-state index contributed by atoms with van der Waals surface area (Å²) in [7, 11) is 0. The van der Waals surface area contributed by atoms with Gasteiger partial charge < -0.3 is 9.47 Å². The zero-order valence-corrected chi connectivity index (χ0v) is 15.5. The minimum Gasteiger partial charge on any atom is -0.423 e. The van der Waals surface area contributed by atoms with Crippen LogP contribution in [0.25, 0.3) is 10.2 Å². The van der Waals surface area contributed by atoms with Gasteiger partial charge in [-0.05, 0) is 36.0 Å². The van der Waals surface area contributed by atoms with Crippen LogP contribution in [0.3, 0.4) is 0 Å². The number of ether oxygens (including phenoxy) is 2. The Kier molecular flexibility index (Phi) is 5.34. The minimum absolute atomic E-state index is 0.0171. The molecule has 1 heterocycles. The Morgan fingerprint density at radius 1 is 0.962 bits per heavy atom. The quantitative estimate of drug-likeness (QED) is 0.379. The molecule has 0 radical (unpaired) electrons. The summed E-state index contributed by atoms with van der Waals surface area (Å²) in [5.41, 5.74) is 0.935. The Hall–Kier alpha value is -2.71. The van der Waals surface area contributed by atoms with Gasteiger partial charge in [0, 0.05) is 13.8 Å². The van der Waals surface area contributed by atoms with Crippen molar-refractivity contribution < 1.29 is 23.9 Å². The molecule has 0 amide bonds. The molecule has 0 saturated heterocycles. The van der Waals surface area contributed by atoms with E-state index in [2.05, 4.69) is 4.98 Å². The summed E-state index contributed by atoms with van der Waals surface area (Å²) in [4.78, 5) is 39.8. The van der Waals surface area contributed by atoms with E-state index in [4.69, 9.17) is 9.47 Å². The first kappa shape index (κ1) is 18.1. The van der Waals surface area contributed by atoms with Crippen LogP contribution in [-0.4, -0.2) is 22.0 Å². The van der Waals surface area contributed by atoms with E-state index < -0.39 is 11.9 Å². The van der Waals surface area contributed by atoms with Gasteiger partial charge in [-0.25, -0.2) is 4.98 Å². The van der Waals surface area contributed by atoms with E-state index in [1.165, 1.54) is 37.3 Å². The van der Waals surface area contributed by atoms with Crippen molar-refractivity contribution in [3.05, 3.63) is 48.0 Å². The van der Waals surface area contributed by atoms with E-state index in [9.17, 15) is 14.4 Å². The summed E-state index contributed by atoms with van der Waals surface area (Å²) < 4.78 is 11.7. The van der Waals surface area contributed by atoms with Gasteiger partial charge in [0.2, 0.25) is 5.12 Å². The monoisotopic (exact) mass is 387 g/mol. The number of benzene rings is 2. The van der Waals surface area contributed by atoms with Crippen LogP contribution < -0.4 is 9.47 Å². The molecule has 0 fully saturated rings. The Morgan fingerprint density at radius 3 is 2.38 bits per heavy atom. The topological polar surface area (TPSA) is 82.6 Å². The van der Waals surface area contributed by atoms with Gasteiger partial charge in [-0.2, -0.15) is 0 Å². The van der Waals surface area contributed by atoms with Crippen LogP contribution in [0.5, 0.6) is 11.5 Å². The van der Waals surface area contributed by atoms with Crippen LogP contribution >= 0.6 is 23.1 Å². The van der Waals surface area contributed by atoms with Gasteiger partial charge in [-0.15, -0.1) is 11.3 Å². The lowest BCUT2D eigenvalue weighted by Crippen LogP contribution is -2.10. The van der Waals surface area contributed by atoms with Crippen molar-refractivity contribution in [2.75, 3.05) is 0 Å². The SMILES string of the molecule is CC(=O)Oc1cccc(C(=O)Sc2nc3ccccc3s2)c1OC(C)=O. The fourth-order valence-electron chi connectivity index (χ4n) is 2.19. The van der Waals surface area contributed by atoms with Gasteiger partial charge in [0.25, 0.3) is 0 Å². The average molecular weight is 387 g/mol. The predicted octanol–water partition coefficient (Wildman–Crippen LogP) is 4.08. The summed E-state index contributed by atoms with van der Waals surface area (Å²) in [5, 5.41) is -0.366. The second-order valence-corrected chi connectivity index (χ2v) is 7.41. The second kappa shape index (κ2) is 7.67. The van der Waals surface area contributed by atoms with Gasteiger partial charge in [-0.1, -0.05) is 18.2 Å². The van der Waals surface area contributed by atoms with Crippen LogP contribution in [0.15, 0.2) is 46.8 Å². The molecule has 8 heteroatoms. The number of esters is 2. The van der Waals surface area contributed by atoms with E-state index >= 15 is 0 Å². The number of hydrogen-bond acceptors (Lipinski definition) is 8. The lowest BCUT2D eigenvalue weighted by molar-refractivity contribution is -0.134. The highest BCUT2D eigenvalue weighted by Gasteiger charge is 2.22. The van der Waals surface area contributed by atoms with Crippen LogP contribution in [-0.2, 0) is 9.59 Å². The molecule has 0 saturated carbocycles. The standard InChI is InChI=1S/C18H13NO5S2/c1-10(20)23-14-8-5-6-12(16(14)24-11(2)21)17(22)26-18-19-13-7-3-4-9-15(13)25-18/h3-9H,1-2H3. The highest BCUT2D eigenvalue weighted by Crippen LogP contribution is 2.37. The lowest BCUT2D eigenvalue weighted by atomic mass is 10.2. The largest absolute Gasteiger partial charge is 0.423 e. The van der Waals surface area contributed by atoms with E-state index in [0.717, 1.165) is 22.0 Å². The average Bonchev–Trinajstić information content (AvgIpc) is 2.97. The third kappa shape index (κ3) is 4.09. The zero-order chi connectivity index (χ0) is 18.7.